The summed E-state index contributed by atoms with van der Waals surface area (Å²) in [6.45, 7) is 7.91. The van der Waals surface area contributed by atoms with Gasteiger partial charge >= 0.3 is 0 Å². The zero-order valence-electron chi connectivity index (χ0n) is 12.9. The van der Waals surface area contributed by atoms with E-state index in [1.165, 1.54) is 12.5 Å². The standard InChI is InChI=1S/C16H19N5S/c1-9(2)14-15(19-8-20-16(14)22-4)21-13-6-11(7-17)12(18)5-10(13)3/h5-8,17H,1,18H2,2-4H3,(H,19,20,21). The minimum Gasteiger partial charge on any atom is -0.398 e. The van der Waals surface area contributed by atoms with E-state index in [1.807, 2.05) is 32.2 Å². The van der Waals surface area contributed by atoms with Gasteiger partial charge in [0.2, 0.25) is 0 Å². The van der Waals surface area contributed by atoms with Crippen LogP contribution in [0, 0.1) is 12.3 Å². The van der Waals surface area contributed by atoms with Crippen LogP contribution in [0.1, 0.15) is 23.6 Å². The first kappa shape index (κ1) is 16.0. The van der Waals surface area contributed by atoms with Gasteiger partial charge in [0.1, 0.15) is 17.2 Å². The van der Waals surface area contributed by atoms with Crippen LogP contribution in [0.25, 0.3) is 5.57 Å². The van der Waals surface area contributed by atoms with Crippen molar-refractivity contribution in [1.82, 2.24) is 9.97 Å². The Morgan fingerprint density at radius 3 is 2.73 bits per heavy atom. The molecule has 0 aliphatic rings. The molecule has 0 amide bonds. The second-order valence-electron chi connectivity index (χ2n) is 4.95. The first-order valence-corrected chi connectivity index (χ1v) is 7.93. The molecular weight excluding hydrogens is 294 g/mol. The van der Waals surface area contributed by atoms with Crippen LogP contribution in [0.2, 0.25) is 0 Å². The number of nitrogen functional groups attached to an aromatic ring is 1. The van der Waals surface area contributed by atoms with Crippen molar-refractivity contribution in [2.75, 3.05) is 17.3 Å². The van der Waals surface area contributed by atoms with Crippen molar-refractivity contribution in [2.45, 2.75) is 18.9 Å². The number of aryl methyl sites for hydroxylation is 1. The van der Waals surface area contributed by atoms with Crippen LogP contribution in [0.5, 0.6) is 0 Å². The predicted octanol–water partition coefficient (Wildman–Crippen LogP) is 3.86. The van der Waals surface area contributed by atoms with Crippen LogP contribution >= 0.6 is 11.8 Å². The zero-order valence-corrected chi connectivity index (χ0v) is 13.7. The lowest BCUT2D eigenvalue weighted by Crippen LogP contribution is -2.04. The van der Waals surface area contributed by atoms with Gasteiger partial charge in [-0.1, -0.05) is 6.58 Å². The summed E-state index contributed by atoms with van der Waals surface area (Å²) < 4.78 is 0. The number of hydrogen-bond donors (Lipinski definition) is 3. The van der Waals surface area contributed by atoms with E-state index in [0.717, 1.165) is 27.4 Å². The third-order valence-electron chi connectivity index (χ3n) is 3.27. The van der Waals surface area contributed by atoms with Crippen molar-refractivity contribution in [1.29, 1.82) is 5.41 Å². The molecule has 0 saturated carbocycles. The first-order chi connectivity index (χ1) is 10.5. The number of hydrogen-bond acceptors (Lipinski definition) is 6. The molecule has 2 rings (SSSR count). The Bertz CT molecular complexity index is 740. The number of allylic oxidation sites excluding steroid dienone is 1. The predicted molar refractivity (Wildman–Crippen MR) is 95.3 cm³/mol. The summed E-state index contributed by atoms with van der Waals surface area (Å²) in [7, 11) is 0. The van der Waals surface area contributed by atoms with Gasteiger partial charge < -0.3 is 16.5 Å². The summed E-state index contributed by atoms with van der Waals surface area (Å²) >= 11 is 1.55. The topological polar surface area (TPSA) is 87.7 Å². The SMILES string of the molecule is C=C(C)c1c(Nc2cc(C=N)c(N)cc2C)ncnc1SC. The summed E-state index contributed by atoms with van der Waals surface area (Å²) in [6.07, 6.45) is 4.75. The lowest BCUT2D eigenvalue weighted by Gasteiger charge is -2.16. The van der Waals surface area contributed by atoms with Gasteiger partial charge in [-0.2, -0.15) is 0 Å². The number of thioether (sulfide) groups is 1. The molecule has 0 fully saturated rings. The number of benzene rings is 1. The van der Waals surface area contributed by atoms with Gasteiger partial charge in [0.15, 0.2) is 0 Å². The average Bonchev–Trinajstić information content (AvgIpc) is 2.49. The molecule has 1 aromatic heterocycles. The summed E-state index contributed by atoms with van der Waals surface area (Å²) in [6, 6.07) is 3.69. The largest absolute Gasteiger partial charge is 0.398 e. The van der Waals surface area contributed by atoms with E-state index < -0.39 is 0 Å². The molecule has 6 heteroatoms. The van der Waals surface area contributed by atoms with Crippen LogP contribution in [0.3, 0.4) is 0 Å². The fourth-order valence-corrected chi connectivity index (χ4v) is 2.77. The Balaban J connectivity index is 2.52. The molecule has 4 N–H and O–H groups in total. The Kier molecular flexibility index (Phi) is 4.82. The van der Waals surface area contributed by atoms with E-state index in [2.05, 4.69) is 21.9 Å². The highest BCUT2D eigenvalue weighted by Gasteiger charge is 2.13. The molecule has 0 atom stereocenters. The normalized spacial score (nSPS) is 10.3. The number of aromatic nitrogens is 2. The van der Waals surface area contributed by atoms with E-state index >= 15 is 0 Å². The number of nitrogens with zero attached hydrogens (tertiary/aromatic N) is 2. The maximum atomic E-state index is 7.43. The Hall–Kier alpha value is -2.34. The van der Waals surface area contributed by atoms with Crippen LogP contribution in [0.4, 0.5) is 17.2 Å². The van der Waals surface area contributed by atoms with Crippen LogP contribution in [0.15, 0.2) is 30.1 Å². The Morgan fingerprint density at radius 2 is 2.14 bits per heavy atom. The van der Waals surface area contributed by atoms with Gasteiger partial charge in [0, 0.05) is 23.2 Å². The Morgan fingerprint density at radius 1 is 1.41 bits per heavy atom. The number of nitrogens with one attached hydrogen (secondary N) is 2. The number of anilines is 3. The fraction of sp³-hybridized carbons (Fsp3) is 0.188. The van der Waals surface area contributed by atoms with E-state index in [4.69, 9.17) is 11.1 Å². The number of rotatable bonds is 5. The summed E-state index contributed by atoms with van der Waals surface area (Å²) in [5.41, 5.74) is 10.8. The summed E-state index contributed by atoms with van der Waals surface area (Å²) in [5, 5.41) is 11.6. The molecule has 0 bridgehead atoms. The van der Waals surface area contributed by atoms with Gasteiger partial charge in [-0.25, -0.2) is 9.97 Å². The molecule has 0 radical (unpaired) electrons. The maximum Gasteiger partial charge on any atom is 0.142 e. The molecule has 22 heavy (non-hydrogen) atoms. The monoisotopic (exact) mass is 313 g/mol. The lowest BCUT2D eigenvalue weighted by molar-refractivity contribution is 1.03. The minimum atomic E-state index is 0.589. The highest BCUT2D eigenvalue weighted by atomic mass is 32.2. The minimum absolute atomic E-state index is 0.589. The highest BCUT2D eigenvalue weighted by molar-refractivity contribution is 7.98. The van der Waals surface area contributed by atoms with Crippen molar-refractivity contribution in [3.05, 3.63) is 41.7 Å². The van der Waals surface area contributed by atoms with Crippen molar-refractivity contribution in [2.24, 2.45) is 0 Å². The van der Waals surface area contributed by atoms with E-state index in [1.54, 1.807) is 11.8 Å². The second-order valence-corrected chi connectivity index (χ2v) is 5.75. The van der Waals surface area contributed by atoms with Gasteiger partial charge in [-0.3, -0.25) is 0 Å². The first-order valence-electron chi connectivity index (χ1n) is 6.70. The molecule has 1 aromatic carbocycles. The van der Waals surface area contributed by atoms with Gasteiger partial charge in [-0.05, 0) is 43.4 Å². The molecule has 0 unspecified atom stereocenters. The van der Waals surface area contributed by atoms with Gasteiger partial charge in [-0.15, -0.1) is 11.8 Å². The maximum absolute atomic E-state index is 7.43. The fourth-order valence-electron chi connectivity index (χ4n) is 2.14. The molecule has 114 valence electrons. The smallest absolute Gasteiger partial charge is 0.142 e. The third-order valence-corrected chi connectivity index (χ3v) is 3.97. The molecule has 2 aromatic rings. The molecular formula is C16H19N5S. The van der Waals surface area contributed by atoms with Gasteiger partial charge in [0.05, 0.1) is 5.56 Å². The summed E-state index contributed by atoms with van der Waals surface area (Å²) in [5.74, 6) is 0.704. The van der Waals surface area contributed by atoms with Crippen molar-refractivity contribution >= 4 is 40.7 Å². The second kappa shape index (κ2) is 6.62. The molecule has 0 spiro atoms. The molecule has 0 saturated heterocycles. The van der Waals surface area contributed by atoms with E-state index in [9.17, 15) is 0 Å². The van der Waals surface area contributed by atoms with Crippen molar-refractivity contribution in [3.8, 4) is 0 Å². The molecule has 5 nitrogen and oxygen atoms in total. The third kappa shape index (κ3) is 3.12. The van der Waals surface area contributed by atoms with E-state index in [0.29, 0.717) is 17.1 Å². The molecule has 0 aliphatic carbocycles. The highest BCUT2D eigenvalue weighted by Crippen LogP contribution is 2.32. The number of nitrogens with two attached hydrogens (primary N) is 1. The van der Waals surface area contributed by atoms with Crippen molar-refractivity contribution in [3.63, 3.8) is 0 Å². The summed E-state index contributed by atoms with van der Waals surface area (Å²) in [4.78, 5) is 8.62. The van der Waals surface area contributed by atoms with Crippen LogP contribution < -0.4 is 11.1 Å². The van der Waals surface area contributed by atoms with Crippen LogP contribution in [-0.2, 0) is 0 Å². The lowest BCUT2D eigenvalue weighted by atomic mass is 10.1. The van der Waals surface area contributed by atoms with Gasteiger partial charge in [0.25, 0.3) is 0 Å². The molecule has 1 heterocycles. The average molecular weight is 313 g/mol. The molecule has 0 aliphatic heterocycles. The zero-order chi connectivity index (χ0) is 16.3. The quantitative estimate of drug-likeness (QED) is 0.337. The van der Waals surface area contributed by atoms with Crippen molar-refractivity contribution < 1.29 is 0 Å². The van der Waals surface area contributed by atoms with E-state index in [-0.39, 0.29) is 0 Å². The Labute approximate surface area is 134 Å². The van der Waals surface area contributed by atoms with Crippen LogP contribution in [-0.4, -0.2) is 22.4 Å².